The summed E-state index contributed by atoms with van der Waals surface area (Å²) in [4.78, 5) is 44.5. The van der Waals surface area contributed by atoms with Crippen LogP contribution in [0.3, 0.4) is 0 Å². The number of amides is 1. The second-order valence-corrected chi connectivity index (χ2v) is 9.26. The summed E-state index contributed by atoms with van der Waals surface area (Å²) in [6.07, 6.45) is 3.22. The highest BCUT2D eigenvalue weighted by Crippen LogP contribution is 2.24. The highest BCUT2D eigenvalue weighted by Gasteiger charge is 2.22. The normalized spacial score (nSPS) is 12.0. The van der Waals surface area contributed by atoms with Gasteiger partial charge in [0.1, 0.15) is 23.6 Å². The lowest BCUT2D eigenvalue weighted by Crippen LogP contribution is -2.44. The van der Waals surface area contributed by atoms with E-state index in [4.69, 9.17) is 9.15 Å². The predicted octanol–water partition coefficient (Wildman–Crippen LogP) is 3.90. The monoisotopic (exact) mass is 503 g/mol. The van der Waals surface area contributed by atoms with Gasteiger partial charge in [0, 0.05) is 35.0 Å². The molecule has 0 saturated carbocycles. The molecule has 3 aromatic heterocycles. The molecule has 10 heteroatoms. The number of carboxylic acids is 1. The Labute approximate surface area is 208 Å². The zero-order valence-electron chi connectivity index (χ0n) is 19.1. The summed E-state index contributed by atoms with van der Waals surface area (Å²) in [5, 5.41) is 16.0. The maximum atomic E-state index is 12.9. The molecule has 0 saturated heterocycles. The standard InChI is InChI=1S/C26H21N3O6S/c1-14-28-22(13-36-14)19-11-35-23-9-16(6-7-18(23)25(19)31)34-12-24(30)29-21(26(32)33)8-15-10-27-20-5-3-2-4-17(15)20/h2-7,9-11,13,21,27H,8,12H2,1H3,(H,29,30)(H,32,33). The van der Waals surface area contributed by atoms with E-state index in [0.29, 0.717) is 28.0 Å². The molecule has 0 bridgehead atoms. The number of rotatable bonds is 8. The van der Waals surface area contributed by atoms with E-state index in [-0.39, 0.29) is 11.8 Å². The number of carboxylic acid groups (broad SMARTS) is 1. The number of aromatic amines is 1. The average molecular weight is 504 g/mol. The maximum Gasteiger partial charge on any atom is 0.326 e. The van der Waals surface area contributed by atoms with E-state index in [2.05, 4.69) is 15.3 Å². The Bertz CT molecular complexity index is 1650. The second kappa shape index (κ2) is 9.67. The van der Waals surface area contributed by atoms with E-state index < -0.39 is 24.5 Å². The molecule has 5 aromatic rings. The van der Waals surface area contributed by atoms with Crippen LogP contribution in [0.4, 0.5) is 0 Å². The molecule has 0 radical (unpaired) electrons. The third-order valence-corrected chi connectivity index (χ3v) is 6.52. The fraction of sp³-hybridized carbons (Fsp3) is 0.154. The van der Waals surface area contributed by atoms with Crippen LogP contribution in [0.2, 0.25) is 0 Å². The minimum Gasteiger partial charge on any atom is -0.484 e. The van der Waals surface area contributed by atoms with Crippen LogP contribution in [-0.2, 0) is 16.0 Å². The minimum atomic E-state index is -1.15. The van der Waals surface area contributed by atoms with Crippen LogP contribution >= 0.6 is 11.3 Å². The number of aromatic nitrogens is 2. The third-order valence-electron chi connectivity index (χ3n) is 5.74. The number of fused-ring (bicyclic) bond motifs is 2. The lowest BCUT2D eigenvalue weighted by molar-refractivity contribution is -0.142. The zero-order chi connectivity index (χ0) is 25.2. The quantitative estimate of drug-likeness (QED) is 0.292. The molecule has 3 heterocycles. The summed E-state index contributed by atoms with van der Waals surface area (Å²) in [6.45, 7) is 1.46. The molecule has 9 nitrogen and oxygen atoms in total. The van der Waals surface area contributed by atoms with Crippen molar-refractivity contribution >= 4 is 45.1 Å². The first-order chi connectivity index (χ1) is 17.4. The molecular formula is C26H21N3O6S. The topological polar surface area (TPSA) is 135 Å². The number of nitrogens with zero attached hydrogens (tertiary/aromatic N) is 1. The van der Waals surface area contributed by atoms with Crippen molar-refractivity contribution in [2.75, 3.05) is 6.61 Å². The van der Waals surface area contributed by atoms with Gasteiger partial charge in [0.2, 0.25) is 5.43 Å². The molecule has 182 valence electrons. The molecule has 36 heavy (non-hydrogen) atoms. The molecule has 2 aromatic carbocycles. The Kier molecular flexibility index (Phi) is 6.26. The van der Waals surface area contributed by atoms with E-state index in [1.165, 1.54) is 23.7 Å². The number of carbonyl (C=O) groups is 2. The van der Waals surface area contributed by atoms with Gasteiger partial charge in [0.15, 0.2) is 6.61 Å². The Hall–Kier alpha value is -4.44. The van der Waals surface area contributed by atoms with Gasteiger partial charge < -0.3 is 24.6 Å². The number of H-pyrrole nitrogens is 1. The van der Waals surface area contributed by atoms with Crippen molar-refractivity contribution in [3.63, 3.8) is 0 Å². The van der Waals surface area contributed by atoms with E-state index in [1.807, 2.05) is 31.2 Å². The lowest BCUT2D eigenvalue weighted by atomic mass is 10.1. The van der Waals surface area contributed by atoms with Crippen molar-refractivity contribution in [3.05, 3.63) is 81.1 Å². The number of ether oxygens (including phenoxy) is 1. The minimum absolute atomic E-state index is 0.118. The van der Waals surface area contributed by atoms with Gasteiger partial charge in [0.25, 0.3) is 5.91 Å². The van der Waals surface area contributed by atoms with Crippen LogP contribution in [0.5, 0.6) is 5.75 Å². The number of aryl methyl sites for hydroxylation is 1. The Morgan fingerprint density at radius 2 is 2.06 bits per heavy atom. The molecule has 3 N–H and O–H groups in total. The van der Waals surface area contributed by atoms with Crippen molar-refractivity contribution in [1.82, 2.24) is 15.3 Å². The summed E-state index contributed by atoms with van der Waals surface area (Å²) in [5.41, 5.74) is 2.70. The predicted molar refractivity (Wildman–Crippen MR) is 135 cm³/mol. The van der Waals surface area contributed by atoms with Gasteiger partial charge in [-0.05, 0) is 30.7 Å². The molecule has 0 aliphatic carbocycles. The molecule has 1 amide bonds. The number of nitrogens with one attached hydrogen (secondary N) is 2. The Morgan fingerprint density at radius 1 is 1.22 bits per heavy atom. The van der Waals surface area contributed by atoms with Crippen molar-refractivity contribution < 1.29 is 23.8 Å². The smallest absolute Gasteiger partial charge is 0.326 e. The number of para-hydroxylation sites is 1. The van der Waals surface area contributed by atoms with Crippen LogP contribution in [-0.4, -0.2) is 39.6 Å². The first-order valence-electron chi connectivity index (χ1n) is 11.1. The fourth-order valence-corrected chi connectivity index (χ4v) is 4.58. The Balaban J connectivity index is 1.25. The molecule has 0 spiro atoms. The summed E-state index contributed by atoms with van der Waals surface area (Å²) >= 11 is 1.44. The summed E-state index contributed by atoms with van der Waals surface area (Å²) in [5.74, 6) is -1.42. The van der Waals surface area contributed by atoms with E-state index in [9.17, 15) is 19.5 Å². The molecule has 5 rings (SSSR count). The van der Waals surface area contributed by atoms with Crippen molar-refractivity contribution in [2.45, 2.75) is 19.4 Å². The number of hydrogen-bond acceptors (Lipinski definition) is 7. The first kappa shape index (κ1) is 23.3. The highest BCUT2D eigenvalue weighted by molar-refractivity contribution is 7.09. The molecule has 0 fully saturated rings. The average Bonchev–Trinajstić information content (AvgIpc) is 3.48. The third kappa shape index (κ3) is 4.71. The fourth-order valence-electron chi connectivity index (χ4n) is 3.97. The molecule has 1 atom stereocenters. The van der Waals surface area contributed by atoms with Crippen LogP contribution in [0.25, 0.3) is 33.1 Å². The Morgan fingerprint density at radius 3 is 2.83 bits per heavy atom. The molecule has 0 aliphatic rings. The lowest BCUT2D eigenvalue weighted by Gasteiger charge is -2.15. The van der Waals surface area contributed by atoms with Gasteiger partial charge in [-0.15, -0.1) is 11.3 Å². The molecule has 0 aliphatic heterocycles. The number of aliphatic carboxylic acids is 1. The van der Waals surface area contributed by atoms with Gasteiger partial charge in [-0.3, -0.25) is 9.59 Å². The van der Waals surface area contributed by atoms with Crippen molar-refractivity contribution in [2.24, 2.45) is 0 Å². The zero-order valence-corrected chi connectivity index (χ0v) is 19.9. The van der Waals surface area contributed by atoms with Crippen LogP contribution < -0.4 is 15.5 Å². The number of thiazole rings is 1. The number of hydrogen-bond donors (Lipinski definition) is 3. The van der Waals surface area contributed by atoms with Gasteiger partial charge in [0.05, 0.1) is 21.7 Å². The van der Waals surface area contributed by atoms with E-state index in [1.54, 1.807) is 23.7 Å². The second-order valence-electron chi connectivity index (χ2n) is 8.20. The SMILES string of the molecule is Cc1nc(-c2coc3cc(OCC(=O)NC(Cc4c[nH]c5ccccc45)C(=O)O)ccc3c2=O)cs1. The van der Waals surface area contributed by atoms with Crippen LogP contribution in [0.1, 0.15) is 10.6 Å². The van der Waals surface area contributed by atoms with Crippen molar-refractivity contribution in [1.29, 1.82) is 0 Å². The van der Waals surface area contributed by atoms with Gasteiger partial charge in [-0.25, -0.2) is 9.78 Å². The van der Waals surface area contributed by atoms with E-state index >= 15 is 0 Å². The van der Waals surface area contributed by atoms with Crippen LogP contribution in [0.15, 0.2) is 69.5 Å². The van der Waals surface area contributed by atoms with Gasteiger partial charge in [-0.2, -0.15) is 0 Å². The first-order valence-corrected chi connectivity index (χ1v) is 11.9. The van der Waals surface area contributed by atoms with E-state index in [0.717, 1.165) is 21.5 Å². The number of benzene rings is 2. The molecule has 1 unspecified atom stereocenters. The largest absolute Gasteiger partial charge is 0.484 e. The summed E-state index contributed by atoms with van der Waals surface area (Å²) in [7, 11) is 0. The van der Waals surface area contributed by atoms with Gasteiger partial charge in [-0.1, -0.05) is 18.2 Å². The molecular weight excluding hydrogens is 482 g/mol. The van der Waals surface area contributed by atoms with Crippen LogP contribution in [0, 0.1) is 6.92 Å². The van der Waals surface area contributed by atoms with Crippen molar-refractivity contribution in [3.8, 4) is 17.0 Å². The summed E-state index contributed by atoms with van der Waals surface area (Å²) in [6, 6.07) is 11.1. The highest BCUT2D eigenvalue weighted by atomic mass is 32.1. The summed E-state index contributed by atoms with van der Waals surface area (Å²) < 4.78 is 11.2. The number of carbonyl (C=O) groups excluding carboxylic acids is 1. The maximum absolute atomic E-state index is 12.9. The van der Waals surface area contributed by atoms with Gasteiger partial charge >= 0.3 is 5.97 Å².